The molecular formula is C20H24N4O3S2. The van der Waals surface area contributed by atoms with Crippen molar-refractivity contribution >= 4 is 29.0 Å². The summed E-state index contributed by atoms with van der Waals surface area (Å²) in [5.74, 6) is 2.46. The number of nitrogens with one attached hydrogen (secondary N) is 1. The van der Waals surface area contributed by atoms with E-state index in [9.17, 15) is 4.79 Å². The summed E-state index contributed by atoms with van der Waals surface area (Å²) in [5.41, 5.74) is 0.985. The molecule has 2 heterocycles. The van der Waals surface area contributed by atoms with Crippen LogP contribution in [0.2, 0.25) is 0 Å². The van der Waals surface area contributed by atoms with Gasteiger partial charge in [-0.3, -0.25) is 9.89 Å². The molecule has 0 spiro atoms. The minimum absolute atomic E-state index is 0.0388. The maximum absolute atomic E-state index is 12.7. The number of H-pyrrole nitrogens is 1. The zero-order valence-corrected chi connectivity index (χ0v) is 18.3. The molecule has 0 aliphatic rings. The molecule has 0 saturated heterocycles. The molecule has 3 aromatic rings. The molecule has 29 heavy (non-hydrogen) atoms. The number of thiophene rings is 1. The van der Waals surface area contributed by atoms with Gasteiger partial charge in [-0.25, -0.2) is 4.98 Å². The number of carbonyl (C=O) groups is 1. The van der Waals surface area contributed by atoms with Gasteiger partial charge in [0, 0.05) is 24.4 Å². The molecular weight excluding hydrogens is 408 g/mol. The van der Waals surface area contributed by atoms with Crippen LogP contribution < -0.4 is 9.47 Å². The number of amides is 1. The van der Waals surface area contributed by atoms with Crippen LogP contribution in [0.3, 0.4) is 0 Å². The van der Waals surface area contributed by atoms with E-state index in [1.165, 1.54) is 16.6 Å². The van der Waals surface area contributed by atoms with Crippen molar-refractivity contribution in [3.05, 3.63) is 52.0 Å². The van der Waals surface area contributed by atoms with E-state index in [0.29, 0.717) is 29.7 Å². The maximum atomic E-state index is 12.7. The molecule has 7 nitrogen and oxygen atoms in total. The average Bonchev–Trinajstić information content (AvgIpc) is 3.42. The Morgan fingerprint density at radius 1 is 1.24 bits per heavy atom. The van der Waals surface area contributed by atoms with Crippen LogP contribution >= 0.6 is 23.1 Å². The summed E-state index contributed by atoms with van der Waals surface area (Å²) in [6, 6.07) is 9.77. The molecule has 3 rings (SSSR count). The third-order valence-corrected chi connectivity index (χ3v) is 6.02. The van der Waals surface area contributed by atoms with Crippen LogP contribution in [0, 0.1) is 0 Å². The van der Waals surface area contributed by atoms with Gasteiger partial charge >= 0.3 is 0 Å². The van der Waals surface area contributed by atoms with Gasteiger partial charge in [-0.15, -0.1) is 16.4 Å². The first kappa shape index (κ1) is 21.2. The summed E-state index contributed by atoms with van der Waals surface area (Å²) in [7, 11) is 3.20. The lowest BCUT2D eigenvalue weighted by molar-refractivity contribution is -0.128. The maximum Gasteiger partial charge on any atom is 0.233 e. The van der Waals surface area contributed by atoms with E-state index in [-0.39, 0.29) is 11.7 Å². The summed E-state index contributed by atoms with van der Waals surface area (Å²) in [5, 5.41) is 9.79. The van der Waals surface area contributed by atoms with Gasteiger partial charge < -0.3 is 14.4 Å². The highest BCUT2D eigenvalue weighted by Gasteiger charge is 2.15. The van der Waals surface area contributed by atoms with Gasteiger partial charge in [0.1, 0.15) is 5.82 Å². The molecule has 0 unspecified atom stereocenters. The second-order valence-corrected chi connectivity index (χ2v) is 8.18. The van der Waals surface area contributed by atoms with Gasteiger partial charge in [0.2, 0.25) is 11.1 Å². The Hall–Kier alpha value is -2.52. The molecule has 0 atom stereocenters. The van der Waals surface area contributed by atoms with Crippen molar-refractivity contribution in [2.24, 2.45) is 0 Å². The summed E-state index contributed by atoms with van der Waals surface area (Å²) >= 11 is 3.03. The average molecular weight is 433 g/mol. The number of methoxy groups -OCH3 is 2. The summed E-state index contributed by atoms with van der Waals surface area (Å²) < 4.78 is 10.6. The minimum atomic E-state index is 0.0388. The molecule has 0 saturated carbocycles. The molecule has 0 aliphatic carbocycles. The second-order valence-electron chi connectivity index (χ2n) is 6.21. The predicted octanol–water partition coefficient (Wildman–Crippen LogP) is 3.62. The van der Waals surface area contributed by atoms with Crippen molar-refractivity contribution in [1.82, 2.24) is 20.1 Å². The highest BCUT2D eigenvalue weighted by atomic mass is 32.2. The van der Waals surface area contributed by atoms with Gasteiger partial charge in [0.25, 0.3) is 0 Å². The van der Waals surface area contributed by atoms with E-state index in [4.69, 9.17) is 9.47 Å². The Kier molecular flexibility index (Phi) is 7.54. The monoisotopic (exact) mass is 432 g/mol. The van der Waals surface area contributed by atoms with Crippen molar-refractivity contribution in [1.29, 1.82) is 0 Å². The van der Waals surface area contributed by atoms with Gasteiger partial charge in [0.15, 0.2) is 11.5 Å². The van der Waals surface area contributed by atoms with Gasteiger partial charge in [-0.05, 0) is 36.1 Å². The first-order valence-corrected chi connectivity index (χ1v) is 11.0. The number of hydrogen-bond acceptors (Lipinski definition) is 7. The van der Waals surface area contributed by atoms with E-state index < -0.39 is 0 Å². The topological polar surface area (TPSA) is 80.3 Å². The van der Waals surface area contributed by atoms with Crippen molar-refractivity contribution in [3.8, 4) is 11.5 Å². The Morgan fingerprint density at radius 3 is 2.76 bits per heavy atom. The molecule has 0 fully saturated rings. The number of benzene rings is 1. The van der Waals surface area contributed by atoms with Crippen LogP contribution in [-0.4, -0.2) is 52.5 Å². The standard InChI is InChI=1S/C20H24N4O3S2/c1-4-24(12-14-7-8-16(26-2)17(10-14)27-3)19(25)13-29-20-21-18(22-23-20)11-15-6-5-9-28-15/h5-10H,4,11-13H2,1-3H3,(H,21,22,23). The third-order valence-electron chi connectivity index (χ3n) is 4.31. The van der Waals surface area contributed by atoms with Gasteiger partial charge in [-0.2, -0.15) is 0 Å². The Balaban J connectivity index is 1.55. The fraction of sp³-hybridized carbons (Fsp3) is 0.350. The molecule has 1 aromatic carbocycles. The van der Waals surface area contributed by atoms with E-state index in [0.717, 1.165) is 17.8 Å². The lowest BCUT2D eigenvalue weighted by Crippen LogP contribution is -2.31. The highest BCUT2D eigenvalue weighted by Crippen LogP contribution is 2.28. The summed E-state index contributed by atoms with van der Waals surface area (Å²) in [6.07, 6.45) is 0.722. The van der Waals surface area contributed by atoms with Crippen LogP contribution in [-0.2, 0) is 17.8 Å². The number of hydrogen-bond donors (Lipinski definition) is 1. The smallest absolute Gasteiger partial charge is 0.233 e. The van der Waals surface area contributed by atoms with Crippen molar-refractivity contribution in [3.63, 3.8) is 0 Å². The minimum Gasteiger partial charge on any atom is -0.493 e. The first-order valence-electron chi connectivity index (χ1n) is 9.18. The Bertz CT molecular complexity index is 928. The second kappa shape index (κ2) is 10.3. The van der Waals surface area contributed by atoms with E-state index >= 15 is 0 Å². The van der Waals surface area contributed by atoms with Crippen molar-refractivity contribution in [2.45, 2.75) is 25.0 Å². The van der Waals surface area contributed by atoms with E-state index in [1.54, 1.807) is 30.5 Å². The highest BCUT2D eigenvalue weighted by molar-refractivity contribution is 7.99. The zero-order chi connectivity index (χ0) is 20.6. The number of aromatic amines is 1. The quantitative estimate of drug-likeness (QED) is 0.493. The predicted molar refractivity (Wildman–Crippen MR) is 115 cm³/mol. The normalized spacial score (nSPS) is 10.7. The summed E-state index contributed by atoms with van der Waals surface area (Å²) in [4.78, 5) is 20.2. The zero-order valence-electron chi connectivity index (χ0n) is 16.7. The summed E-state index contributed by atoms with van der Waals surface area (Å²) in [6.45, 7) is 3.09. The third kappa shape index (κ3) is 5.74. The Labute approximate surface area is 178 Å². The van der Waals surface area contributed by atoms with Crippen molar-refractivity contribution in [2.75, 3.05) is 26.5 Å². The lowest BCUT2D eigenvalue weighted by atomic mass is 10.2. The van der Waals surface area contributed by atoms with Crippen LogP contribution in [0.4, 0.5) is 0 Å². The van der Waals surface area contributed by atoms with E-state index in [1.807, 2.05) is 36.6 Å². The number of carbonyl (C=O) groups excluding carboxylic acids is 1. The lowest BCUT2D eigenvalue weighted by Gasteiger charge is -2.21. The SMILES string of the molecule is CCN(Cc1ccc(OC)c(OC)c1)C(=O)CSc1n[nH]c(Cc2cccs2)n1. The molecule has 1 N–H and O–H groups in total. The van der Waals surface area contributed by atoms with Gasteiger partial charge in [0.05, 0.1) is 20.0 Å². The fourth-order valence-corrected chi connectivity index (χ4v) is 4.22. The Morgan fingerprint density at radius 2 is 2.07 bits per heavy atom. The fourth-order valence-electron chi connectivity index (χ4n) is 2.79. The number of rotatable bonds is 10. The van der Waals surface area contributed by atoms with Crippen molar-refractivity contribution < 1.29 is 14.3 Å². The van der Waals surface area contributed by atoms with Crippen LogP contribution in [0.15, 0.2) is 40.9 Å². The molecule has 9 heteroatoms. The molecule has 0 aliphatic heterocycles. The number of thioether (sulfide) groups is 1. The molecule has 0 bridgehead atoms. The first-order chi connectivity index (χ1) is 14.1. The molecule has 2 aromatic heterocycles. The van der Waals surface area contributed by atoms with Crippen LogP contribution in [0.1, 0.15) is 23.2 Å². The van der Waals surface area contributed by atoms with Crippen LogP contribution in [0.25, 0.3) is 0 Å². The largest absolute Gasteiger partial charge is 0.493 e. The van der Waals surface area contributed by atoms with Crippen LogP contribution in [0.5, 0.6) is 11.5 Å². The number of ether oxygens (including phenoxy) is 2. The van der Waals surface area contributed by atoms with E-state index in [2.05, 4.69) is 21.2 Å². The number of nitrogens with zero attached hydrogens (tertiary/aromatic N) is 3. The molecule has 0 radical (unpaired) electrons. The van der Waals surface area contributed by atoms with Gasteiger partial charge in [-0.1, -0.05) is 23.9 Å². The number of aromatic nitrogens is 3. The molecule has 154 valence electrons. The molecule has 1 amide bonds.